The third kappa shape index (κ3) is 7.14. The van der Waals surface area contributed by atoms with Gasteiger partial charge in [-0.15, -0.1) is 23.1 Å². The summed E-state index contributed by atoms with van der Waals surface area (Å²) in [5.41, 5.74) is 1.97. The topological polar surface area (TPSA) is 100 Å². The van der Waals surface area contributed by atoms with Crippen molar-refractivity contribution in [1.29, 1.82) is 0 Å². The number of thiophene rings is 1. The van der Waals surface area contributed by atoms with Gasteiger partial charge in [-0.1, -0.05) is 18.2 Å². The van der Waals surface area contributed by atoms with Crippen molar-refractivity contribution in [2.45, 2.75) is 17.1 Å². The molecule has 2 aromatic carbocycles. The number of nitrogens with one attached hydrogen (secondary N) is 3. The van der Waals surface area contributed by atoms with Gasteiger partial charge in [0, 0.05) is 27.7 Å². The molecule has 3 N–H and O–H groups in total. The standard InChI is InChI=1S/C26H22N4O3S3/c1-17(23(31)30-26-27-12-14-35-26)36-21-9-7-20(8-10-21)28-25(33)22(15-18-11-13-34-16-18)29-24(32)19-5-3-2-4-6-19/h2-17H,1H3,(H,28,33)(H,29,32)(H,27,30,31)/b22-15-. The molecule has 1 atom stereocenters. The van der Waals surface area contributed by atoms with Crippen LogP contribution < -0.4 is 16.0 Å². The Kier molecular flexibility index (Phi) is 8.66. The molecule has 0 spiro atoms. The Balaban J connectivity index is 1.40. The van der Waals surface area contributed by atoms with E-state index in [4.69, 9.17) is 0 Å². The van der Waals surface area contributed by atoms with Gasteiger partial charge in [-0.2, -0.15) is 11.3 Å². The van der Waals surface area contributed by atoms with Gasteiger partial charge in [0.15, 0.2) is 5.13 Å². The number of rotatable bonds is 9. The number of thioether (sulfide) groups is 1. The van der Waals surface area contributed by atoms with Gasteiger partial charge in [0.05, 0.1) is 5.25 Å². The van der Waals surface area contributed by atoms with Crippen LogP contribution >= 0.6 is 34.4 Å². The molecule has 0 saturated heterocycles. The molecular weight excluding hydrogens is 513 g/mol. The monoisotopic (exact) mass is 534 g/mol. The molecule has 0 aliphatic heterocycles. The highest BCUT2D eigenvalue weighted by atomic mass is 32.2. The van der Waals surface area contributed by atoms with Crippen LogP contribution in [0.1, 0.15) is 22.8 Å². The van der Waals surface area contributed by atoms with Gasteiger partial charge in [0.2, 0.25) is 5.91 Å². The van der Waals surface area contributed by atoms with Gasteiger partial charge in [-0.25, -0.2) is 4.98 Å². The lowest BCUT2D eigenvalue weighted by Gasteiger charge is -2.13. The Morgan fingerprint density at radius 1 is 0.972 bits per heavy atom. The largest absolute Gasteiger partial charge is 0.321 e. The SMILES string of the molecule is CC(Sc1ccc(NC(=O)/C(=C/c2ccsc2)NC(=O)c2ccccc2)cc1)C(=O)Nc1nccs1. The summed E-state index contributed by atoms with van der Waals surface area (Å²) in [4.78, 5) is 43.0. The van der Waals surface area contributed by atoms with Crippen LogP contribution in [0.3, 0.4) is 0 Å². The first-order chi connectivity index (χ1) is 17.5. The van der Waals surface area contributed by atoms with Gasteiger partial charge < -0.3 is 16.0 Å². The molecule has 36 heavy (non-hydrogen) atoms. The van der Waals surface area contributed by atoms with Crippen LogP contribution in [0.2, 0.25) is 0 Å². The van der Waals surface area contributed by atoms with Crippen molar-refractivity contribution in [2.75, 3.05) is 10.6 Å². The maximum atomic E-state index is 13.1. The molecular formula is C26H22N4O3S3. The summed E-state index contributed by atoms with van der Waals surface area (Å²) in [5, 5.41) is 14.2. The van der Waals surface area contributed by atoms with E-state index in [9.17, 15) is 14.4 Å². The smallest absolute Gasteiger partial charge is 0.272 e. The predicted molar refractivity (Wildman–Crippen MR) is 147 cm³/mol. The first-order valence-electron chi connectivity index (χ1n) is 10.9. The maximum Gasteiger partial charge on any atom is 0.272 e. The minimum atomic E-state index is -0.443. The number of nitrogens with zero attached hydrogens (tertiary/aromatic N) is 1. The van der Waals surface area contributed by atoms with E-state index in [1.807, 2.05) is 41.9 Å². The van der Waals surface area contributed by atoms with E-state index in [-0.39, 0.29) is 22.8 Å². The average molecular weight is 535 g/mol. The fourth-order valence-corrected chi connectivity index (χ4v) is 5.05. The van der Waals surface area contributed by atoms with E-state index in [0.717, 1.165) is 10.5 Å². The Morgan fingerprint density at radius 3 is 2.42 bits per heavy atom. The Hall–Kier alpha value is -3.73. The third-order valence-electron chi connectivity index (χ3n) is 4.84. The van der Waals surface area contributed by atoms with Crippen LogP contribution in [0.15, 0.2) is 93.6 Å². The second-order valence-electron chi connectivity index (χ2n) is 7.50. The van der Waals surface area contributed by atoms with Crippen LogP contribution in [0.5, 0.6) is 0 Å². The van der Waals surface area contributed by atoms with Crippen molar-refractivity contribution in [2.24, 2.45) is 0 Å². The number of anilines is 2. The molecule has 4 rings (SSSR count). The lowest BCUT2D eigenvalue weighted by molar-refractivity contribution is -0.115. The van der Waals surface area contributed by atoms with Crippen LogP contribution in [0.25, 0.3) is 6.08 Å². The summed E-state index contributed by atoms with van der Waals surface area (Å²) in [5.74, 6) is -0.948. The van der Waals surface area contributed by atoms with Crippen LogP contribution in [-0.2, 0) is 9.59 Å². The predicted octanol–water partition coefficient (Wildman–Crippen LogP) is 5.73. The maximum absolute atomic E-state index is 13.1. The molecule has 3 amide bonds. The quantitative estimate of drug-likeness (QED) is 0.188. The van der Waals surface area contributed by atoms with Gasteiger partial charge in [0.25, 0.3) is 11.8 Å². The van der Waals surface area contributed by atoms with Crippen LogP contribution in [0.4, 0.5) is 10.8 Å². The number of carbonyl (C=O) groups is 3. The van der Waals surface area contributed by atoms with E-state index >= 15 is 0 Å². The zero-order valence-electron chi connectivity index (χ0n) is 19.1. The van der Waals surface area contributed by atoms with Crippen molar-refractivity contribution >= 4 is 69.1 Å². The number of carbonyl (C=O) groups excluding carboxylic acids is 3. The van der Waals surface area contributed by atoms with E-state index in [0.29, 0.717) is 16.4 Å². The molecule has 1 unspecified atom stereocenters. The summed E-state index contributed by atoms with van der Waals surface area (Å²) < 4.78 is 0. The second kappa shape index (κ2) is 12.3. The molecule has 0 saturated carbocycles. The second-order valence-corrected chi connectivity index (χ2v) is 10.6. The molecule has 0 fully saturated rings. The van der Waals surface area contributed by atoms with Crippen molar-refractivity contribution in [1.82, 2.24) is 10.3 Å². The summed E-state index contributed by atoms with van der Waals surface area (Å²) in [6, 6.07) is 17.8. The van der Waals surface area contributed by atoms with Gasteiger partial charge in [0.1, 0.15) is 5.70 Å². The third-order valence-corrected chi connectivity index (χ3v) is 7.34. The van der Waals surface area contributed by atoms with Crippen LogP contribution in [0, 0.1) is 0 Å². The molecule has 2 heterocycles. The summed E-state index contributed by atoms with van der Waals surface area (Å²) in [7, 11) is 0. The highest BCUT2D eigenvalue weighted by Gasteiger charge is 2.17. The Bertz CT molecular complexity index is 1340. The summed E-state index contributed by atoms with van der Waals surface area (Å²) >= 11 is 4.27. The molecule has 0 radical (unpaired) electrons. The number of hydrogen-bond donors (Lipinski definition) is 3. The molecule has 2 aromatic heterocycles. The highest BCUT2D eigenvalue weighted by Crippen LogP contribution is 2.26. The van der Waals surface area contributed by atoms with Crippen molar-refractivity contribution in [3.8, 4) is 0 Å². The fraction of sp³-hybridized carbons (Fsp3) is 0.0769. The number of amides is 3. The molecule has 0 aliphatic carbocycles. The normalized spacial score (nSPS) is 12.0. The van der Waals surface area contributed by atoms with Gasteiger partial charge in [-0.3, -0.25) is 14.4 Å². The first-order valence-corrected chi connectivity index (χ1v) is 13.6. The van der Waals surface area contributed by atoms with Crippen LogP contribution in [-0.4, -0.2) is 28.0 Å². The van der Waals surface area contributed by atoms with E-state index in [1.165, 1.54) is 34.4 Å². The molecule has 7 nitrogen and oxygen atoms in total. The zero-order valence-corrected chi connectivity index (χ0v) is 21.6. The molecule has 10 heteroatoms. The number of thiazole rings is 1. The lowest BCUT2D eigenvalue weighted by Crippen LogP contribution is -2.30. The minimum absolute atomic E-state index is 0.133. The van der Waals surface area contributed by atoms with E-state index in [2.05, 4.69) is 20.9 Å². The summed E-state index contributed by atoms with van der Waals surface area (Å²) in [6.07, 6.45) is 3.28. The van der Waals surface area contributed by atoms with E-state index in [1.54, 1.807) is 54.1 Å². The van der Waals surface area contributed by atoms with Crippen molar-refractivity contribution in [3.63, 3.8) is 0 Å². The summed E-state index contributed by atoms with van der Waals surface area (Å²) in [6.45, 7) is 1.82. The fourth-order valence-electron chi connectivity index (χ4n) is 3.03. The van der Waals surface area contributed by atoms with Gasteiger partial charge in [-0.05, 0) is 71.8 Å². The number of benzene rings is 2. The Morgan fingerprint density at radius 2 is 1.75 bits per heavy atom. The lowest BCUT2D eigenvalue weighted by atomic mass is 10.2. The molecule has 0 bridgehead atoms. The zero-order chi connectivity index (χ0) is 25.3. The van der Waals surface area contributed by atoms with Gasteiger partial charge >= 0.3 is 0 Å². The number of hydrogen-bond acceptors (Lipinski definition) is 7. The van der Waals surface area contributed by atoms with Crippen molar-refractivity contribution < 1.29 is 14.4 Å². The molecule has 0 aliphatic rings. The first kappa shape index (κ1) is 25.4. The van der Waals surface area contributed by atoms with E-state index < -0.39 is 5.91 Å². The average Bonchev–Trinajstić information content (AvgIpc) is 3.60. The molecule has 4 aromatic rings. The minimum Gasteiger partial charge on any atom is -0.321 e. The molecule has 182 valence electrons. The highest BCUT2D eigenvalue weighted by molar-refractivity contribution is 8.00. The Labute approximate surface area is 220 Å². The number of aromatic nitrogens is 1. The van der Waals surface area contributed by atoms with Crippen molar-refractivity contribution in [3.05, 3.63) is 99.8 Å².